The predicted octanol–water partition coefficient (Wildman–Crippen LogP) is -1.79. The van der Waals surface area contributed by atoms with Crippen LogP contribution in [0.1, 0.15) is 20.3 Å². The molecule has 0 saturated carbocycles. The third kappa shape index (κ3) is 2.92. The molecule has 3 N–H and O–H groups in total. The zero-order valence-corrected chi connectivity index (χ0v) is 8.51. The van der Waals surface area contributed by atoms with Crippen LogP contribution < -0.4 is 0 Å². The summed E-state index contributed by atoms with van der Waals surface area (Å²) in [5, 5.41) is 28.2. The quantitative estimate of drug-likeness (QED) is 0.454. The van der Waals surface area contributed by atoms with E-state index in [9.17, 15) is 29.7 Å². The summed E-state index contributed by atoms with van der Waals surface area (Å²) in [6.07, 6.45) is -4.33. The van der Waals surface area contributed by atoms with Crippen LogP contribution in [0.4, 0.5) is 0 Å². The molecule has 0 aromatic rings. The number of carbonyl (C=O) groups excluding carboxylic acids is 3. The highest BCUT2D eigenvalue weighted by Crippen LogP contribution is 2.19. The van der Waals surface area contributed by atoms with Gasteiger partial charge in [0.25, 0.3) is 0 Å². The van der Waals surface area contributed by atoms with Gasteiger partial charge in [-0.25, -0.2) is 0 Å². The Kier molecular flexibility index (Phi) is 4.73. The van der Waals surface area contributed by atoms with Crippen LogP contribution in [0.25, 0.3) is 0 Å². The number of Topliss-reactive ketones (excluding diaryl/α,β-unsaturated/α-hetero) is 2. The summed E-state index contributed by atoms with van der Waals surface area (Å²) in [6.45, 7) is 1.95. The second-order valence-electron chi connectivity index (χ2n) is 3.35. The van der Waals surface area contributed by atoms with E-state index in [2.05, 4.69) is 0 Å². The fourth-order valence-corrected chi connectivity index (χ4v) is 1.08. The van der Waals surface area contributed by atoms with Gasteiger partial charge in [0, 0.05) is 6.42 Å². The van der Waals surface area contributed by atoms with Crippen molar-refractivity contribution in [1.29, 1.82) is 0 Å². The Morgan fingerprint density at radius 3 is 2.07 bits per heavy atom. The van der Waals surface area contributed by atoms with Gasteiger partial charge >= 0.3 is 0 Å². The lowest BCUT2D eigenvalue weighted by molar-refractivity contribution is -0.166. The van der Waals surface area contributed by atoms with Gasteiger partial charge in [-0.2, -0.15) is 0 Å². The molecule has 0 rings (SSSR count). The van der Waals surface area contributed by atoms with Gasteiger partial charge in [0.2, 0.25) is 0 Å². The summed E-state index contributed by atoms with van der Waals surface area (Å²) in [4.78, 5) is 32.0. The van der Waals surface area contributed by atoms with Crippen molar-refractivity contribution in [2.75, 3.05) is 0 Å². The third-order valence-electron chi connectivity index (χ3n) is 2.21. The van der Waals surface area contributed by atoms with Gasteiger partial charge in [0.1, 0.15) is 18.5 Å². The molecule has 0 aliphatic heterocycles. The van der Waals surface area contributed by atoms with E-state index >= 15 is 0 Å². The number of aldehydes is 1. The molecule has 3 atom stereocenters. The molecule has 0 aliphatic carbocycles. The van der Waals surface area contributed by atoms with Gasteiger partial charge in [-0.05, 0) is 13.8 Å². The van der Waals surface area contributed by atoms with Gasteiger partial charge in [-0.15, -0.1) is 0 Å². The van der Waals surface area contributed by atoms with Crippen LogP contribution in [-0.2, 0) is 14.4 Å². The lowest BCUT2D eigenvalue weighted by atomic mass is 9.85. The van der Waals surface area contributed by atoms with E-state index in [1.165, 1.54) is 0 Å². The first-order valence-corrected chi connectivity index (χ1v) is 4.31. The van der Waals surface area contributed by atoms with Crippen LogP contribution in [0.15, 0.2) is 0 Å². The maximum Gasteiger partial charge on any atom is 0.164 e. The van der Waals surface area contributed by atoms with Gasteiger partial charge < -0.3 is 20.1 Å². The van der Waals surface area contributed by atoms with E-state index in [0.29, 0.717) is 0 Å². The minimum Gasteiger partial charge on any atom is -0.386 e. The van der Waals surface area contributed by atoms with Crippen LogP contribution in [0.5, 0.6) is 0 Å². The van der Waals surface area contributed by atoms with E-state index in [-0.39, 0.29) is 6.29 Å². The summed E-state index contributed by atoms with van der Waals surface area (Å²) in [5.74, 6) is -1.68. The molecule has 0 fully saturated rings. The van der Waals surface area contributed by atoms with Crippen molar-refractivity contribution in [3.63, 3.8) is 0 Å². The first-order valence-electron chi connectivity index (χ1n) is 4.31. The van der Waals surface area contributed by atoms with Crippen molar-refractivity contribution >= 4 is 17.9 Å². The normalized spacial score (nSPS) is 18.7. The number of aliphatic hydroxyl groups excluding tert-OH is 2. The molecule has 86 valence electrons. The SMILES string of the molecule is CC(=O)C(O)[C@@H](O)[C@@](O)(CC=O)C(C)=O. The summed E-state index contributed by atoms with van der Waals surface area (Å²) < 4.78 is 0. The molecular weight excluding hydrogens is 204 g/mol. The van der Waals surface area contributed by atoms with E-state index in [0.717, 1.165) is 13.8 Å². The Morgan fingerprint density at radius 2 is 1.80 bits per heavy atom. The second kappa shape index (κ2) is 5.11. The largest absolute Gasteiger partial charge is 0.386 e. The van der Waals surface area contributed by atoms with E-state index in [1.54, 1.807) is 0 Å². The highest BCUT2D eigenvalue weighted by atomic mass is 16.4. The van der Waals surface area contributed by atoms with Crippen LogP contribution in [-0.4, -0.2) is 51.0 Å². The molecule has 0 aromatic carbocycles. The molecule has 15 heavy (non-hydrogen) atoms. The van der Waals surface area contributed by atoms with Crippen LogP contribution in [0.2, 0.25) is 0 Å². The van der Waals surface area contributed by atoms with Crippen LogP contribution in [0, 0.1) is 0 Å². The number of rotatable bonds is 6. The maximum absolute atomic E-state index is 11.0. The summed E-state index contributed by atoms with van der Waals surface area (Å²) in [7, 11) is 0. The van der Waals surface area contributed by atoms with Gasteiger partial charge in [0.05, 0.1) is 0 Å². The number of ketones is 2. The predicted molar refractivity (Wildman–Crippen MR) is 49.0 cm³/mol. The third-order valence-corrected chi connectivity index (χ3v) is 2.21. The highest BCUT2D eigenvalue weighted by molar-refractivity contribution is 5.90. The molecule has 0 radical (unpaired) electrons. The summed E-state index contributed by atoms with van der Waals surface area (Å²) in [6, 6.07) is 0. The standard InChI is InChI=1S/C9H14O6/c1-5(11)7(13)8(14)9(15,3-4-10)6(2)12/h4,7-8,13-15H,3H2,1-2H3/t7?,8-,9-/m1/s1. The maximum atomic E-state index is 11.0. The first kappa shape index (κ1) is 13.9. The van der Waals surface area contributed by atoms with Gasteiger partial charge in [-0.3, -0.25) is 9.59 Å². The molecule has 0 aromatic heterocycles. The average Bonchev–Trinajstić information content (AvgIpc) is 2.15. The van der Waals surface area contributed by atoms with E-state index in [1.807, 2.05) is 0 Å². The average molecular weight is 218 g/mol. The summed E-state index contributed by atoms with van der Waals surface area (Å²) >= 11 is 0. The second-order valence-corrected chi connectivity index (χ2v) is 3.35. The van der Waals surface area contributed by atoms with Crippen LogP contribution >= 0.6 is 0 Å². The van der Waals surface area contributed by atoms with Crippen molar-refractivity contribution in [3.8, 4) is 0 Å². The fourth-order valence-electron chi connectivity index (χ4n) is 1.08. The Bertz CT molecular complexity index is 274. The van der Waals surface area contributed by atoms with Crippen molar-refractivity contribution in [3.05, 3.63) is 0 Å². The van der Waals surface area contributed by atoms with Crippen molar-refractivity contribution < 1.29 is 29.7 Å². The lowest BCUT2D eigenvalue weighted by Crippen LogP contribution is -2.55. The number of hydrogen-bond donors (Lipinski definition) is 3. The monoisotopic (exact) mass is 218 g/mol. The topological polar surface area (TPSA) is 112 Å². The highest BCUT2D eigenvalue weighted by Gasteiger charge is 2.45. The molecule has 0 amide bonds. The van der Waals surface area contributed by atoms with Crippen LogP contribution in [0.3, 0.4) is 0 Å². The Balaban J connectivity index is 5.00. The Hall–Kier alpha value is -1.11. The van der Waals surface area contributed by atoms with Gasteiger partial charge in [-0.1, -0.05) is 0 Å². The number of hydrogen-bond acceptors (Lipinski definition) is 6. The Labute approximate surface area is 86.5 Å². The minimum atomic E-state index is -2.41. The smallest absolute Gasteiger partial charge is 0.164 e. The summed E-state index contributed by atoms with van der Waals surface area (Å²) in [5.41, 5.74) is -2.41. The Morgan fingerprint density at radius 1 is 1.33 bits per heavy atom. The molecule has 6 nitrogen and oxygen atoms in total. The molecule has 1 unspecified atom stereocenters. The molecule has 6 heteroatoms. The molecular formula is C9H14O6. The van der Waals surface area contributed by atoms with E-state index < -0.39 is 35.8 Å². The first-order chi connectivity index (χ1) is 6.77. The minimum absolute atomic E-state index is 0.234. The van der Waals surface area contributed by atoms with Gasteiger partial charge in [0.15, 0.2) is 17.2 Å². The van der Waals surface area contributed by atoms with E-state index in [4.69, 9.17) is 0 Å². The molecule has 0 bridgehead atoms. The molecule has 0 spiro atoms. The van der Waals surface area contributed by atoms with Crippen molar-refractivity contribution in [2.45, 2.75) is 38.1 Å². The fraction of sp³-hybridized carbons (Fsp3) is 0.667. The lowest BCUT2D eigenvalue weighted by Gasteiger charge is -2.30. The molecule has 0 saturated heterocycles. The zero-order valence-electron chi connectivity index (χ0n) is 8.51. The number of aliphatic hydroxyl groups is 3. The van der Waals surface area contributed by atoms with Crippen molar-refractivity contribution in [2.24, 2.45) is 0 Å². The zero-order chi connectivity index (χ0) is 12.2. The number of carbonyl (C=O) groups is 3. The molecule has 0 heterocycles. The molecule has 0 aliphatic rings. The van der Waals surface area contributed by atoms with Crippen molar-refractivity contribution in [1.82, 2.24) is 0 Å².